The second-order valence-corrected chi connectivity index (χ2v) is 5.57. The summed E-state index contributed by atoms with van der Waals surface area (Å²) < 4.78 is 0. The molecule has 7 heteroatoms. The monoisotopic (exact) mass is 322 g/mol. The molecule has 6 N–H and O–H groups in total. The lowest BCUT2D eigenvalue weighted by atomic mass is 10.1. The minimum atomic E-state index is -0.569. The van der Waals surface area contributed by atoms with Gasteiger partial charge in [0.2, 0.25) is 0 Å². The minimum absolute atomic E-state index is 0.298. The lowest BCUT2D eigenvalue weighted by Gasteiger charge is -2.08. The number of aromatic nitrogens is 3. The van der Waals surface area contributed by atoms with E-state index in [1.165, 1.54) is 0 Å². The first kappa shape index (κ1) is 15.5. The Morgan fingerprint density at radius 3 is 2.33 bits per heavy atom. The van der Waals surface area contributed by atoms with E-state index in [0.717, 1.165) is 22.6 Å². The van der Waals surface area contributed by atoms with Crippen LogP contribution < -0.4 is 16.8 Å². The van der Waals surface area contributed by atoms with Gasteiger partial charge in [-0.1, -0.05) is 12.1 Å². The van der Waals surface area contributed by atoms with E-state index in [9.17, 15) is 4.79 Å². The van der Waals surface area contributed by atoms with Crippen LogP contribution >= 0.6 is 0 Å². The summed E-state index contributed by atoms with van der Waals surface area (Å²) in [6.45, 7) is 3.81. The predicted octanol–water partition coefficient (Wildman–Crippen LogP) is 2.51. The maximum absolute atomic E-state index is 12.0. The number of amides is 1. The zero-order chi connectivity index (χ0) is 17.3. The summed E-state index contributed by atoms with van der Waals surface area (Å²) in [6.07, 6.45) is 0. The molecule has 0 radical (unpaired) electrons. The molecule has 0 aliphatic carbocycles. The molecule has 2 heterocycles. The first-order chi connectivity index (χ1) is 11.4. The molecule has 0 fully saturated rings. The highest BCUT2D eigenvalue weighted by molar-refractivity contribution is 6.04. The average Bonchev–Trinajstić information content (AvgIpc) is 2.90. The van der Waals surface area contributed by atoms with E-state index in [1.54, 1.807) is 24.3 Å². The molecule has 122 valence electrons. The van der Waals surface area contributed by atoms with Crippen LogP contribution in [0.2, 0.25) is 0 Å². The standard InChI is InChI=1S/C17H18N6O/c1-9-7-13(8-10(2)20-9)21-17-14(16(19)24)15(22-23-17)11-3-5-12(18)6-4-11/h3-8H,18H2,1-2H3,(H2,19,24)(H2,20,21,22,23). The fraction of sp³-hybridized carbons (Fsp3) is 0.118. The van der Waals surface area contributed by atoms with E-state index >= 15 is 0 Å². The van der Waals surface area contributed by atoms with Crippen LogP contribution in [0.25, 0.3) is 11.3 Å². The maximum Gasteiger partial charge on any atom is 0.254 e. The number of nitrogens with two attached hydrogens (primary N) is 2. The summed E-state index contributed by atoms with van der Waals surface area (Å²) in [5.74, 6) is -0.125. The lowest BCUT2D eigenvalue weighted by Crippen LogP contribution is -2.13. The van der Waals surface area contributed by atoms with Gasteiger partial charge in [0.1, 0.15) is 17.1 Å². The van der Waals surface area contributed by atoms with Crippen LogP contribution in [0.3, 0.4) is 0 Å². The van der Waals surface area contributed by atoms with E-state index in [0.29, 0.717) is 22.8 Å². The van der Waals surface area contributed by atoms with Gasteiger partial charge in [0.05, 0.1) is 0 Å². The fourth-order valence-electron chi connectivity index (χ4n) is 2.57. The third-order valence-corrected chi connectivity index (χ3v) is 3.55. The molecule has 7 nitrogen and oxygen atoms in total. The van der Waals surface area contributed by atoms with Gasteiger partial charge in [0, 0.05) is 28.3 Å². The topological polar surface area (TPSA) is 123 Å². The van der Waals surface area contributed by atoms with Crippen LogP contribution in [0.1, 0.15) is 21.7 Å². The Labute approximate surface area is 139 Å². The van der Waals surface area contributed by atoms with Gasteiger partial charge in [-0.2, -0.15) is 5.10 Å². The number of pyridine rings is 1. The number of carbonyl (C=O) groups excluding carboxylic acids is 1. The van der Waals surface area contributed by atoms with Gasteiger partial charge in [0.15, 0.2) is 0 Å². The van der Waals surface area contributed by atoms with Crippen molar-refractivity contribution in [3.05, 3.63) is 53.3 Å². The molecule has 0 saturated carbocycles. The van der Waals surface area contributed by atoms with Gasteiger partial charge in [-0.3, -0.25) is 14.9 Å². The third-order valence-electron chi connectivity index (χ3n) is 3.55. The number of nitrogens with zero attached hydrogens (tertiary/aromatic N) is 2. The number of aromatic amines is 1. The predicted molar refractivity (Wildman–Crippen MR) is 93.9 cm³/mol. The molecule has 3 rings (SSSR count). The lowest BCUT2D eigenvalue weighted by molar-refractivity contribution is 0.100. The van der Waals surface area contributed by atoms with Crippen molar-refractivity contribution in [2.75, 3.05) is 11.1 Å². The van der Waals surface area contributed by atoms with Crippen LogP contribution in [-0.2, 0) is 0 Å². The largest absolute Gasteiger partial charge is 0.399 e. The summed E-state index contributed by atoms with van der Waals surface area (Å²) >= 11 is 0. The quantitative estimate of drug-likeness (QED) is 0.550. The molecule has 0 atom stereocenters. The molecule has 0 unspecified atom stereocenters. The number of nitrogen functional groups attached to an aromatic ring is 1. The molecule has 3 aromatic rings. The Kier molecular flexibility index (Phi) is 3.91. The highest BCUT2D eigenvalue weighted by atomic mass is 16.1. The summed E-state index contributed by atoms with van der Waals surface area (Å²) in [4.78, 5) is 16.3. The van der Waals surface area contributed by atoms with E-state index in [4.69, 9.17) is 11.5 Å². The summed E-state index contributed by atoms with van der Waals surface area (Å²) in [5, 5.41) is 10.2. The molecule has 0 spiro atoms. The van der Waals surface area contributed by atoms with Crippen LogP contribution in [0.4, 0.5) is 17.2 Å². The van der Waals surface area contributed by atoms with Gasteiger partial charge < -0.3 is 16.8 Å². The number of nitrogens with one attached hydrogen (secondary N) is 2. The number of aryl methyl sites for hydroxylation is 2. The number of H-pyrrole nitrogens is 1. The zero-order valence-electron chi connectivity index (χ0n) is 13.4. The first-order valence-electron chi connectivity index (χ1n) is 7.40. The third kappa shape index (κ3) is 3.05. The van der Waals surface area contributed by atoms with Gasteiger partial charge in [0.25, 0.3) is 5.91 Å². The molecule has 0 saturated heterocycles. The van der Waals surface area contributed by atoms with E-state index in [-0.39, 0.29) is 0 Å². The van der Waals surface area contributed by atoms with Gasteiger partial charge in [-0.25, -0.2) is 0 Å². The van der Waals surface area contributed by atoms with Crippen molar-refractivity contribution in [2.24, 2.45) is 5.73 Å². The van der Waals surface area contributed by atoms with Crippen molar-refractivity contribution < 1.29 is 4.79 Å². The molecule has 0 bridgehead atoms. The molecule has 0 aliphatic heterocycles. The highest BCUT2D eigenvalue weighted by Crippen LogP contribution is 2.29. The van der Waals surface area contributed by atoms with E-state index < -0.39 is 5.91 Å². The molecular formula is C17H18N6O. The molecular weight excluding hydrogens is 304 g/mol. The van der Waals surface area contributed by atoms with Crippen molar-refractivity contribution >= 4 is 23.1 Å². The van der Waals surface area contributed by atoms with Crippen molar-refractivity contribution in [1.29, 1.82) is 0 Å². The molecule has 2 aromatic heterocycles. The van der Waals surface area contributed by atoms with Gasteiger partial charge in [-0.05, 0) is 38.1 Å². The summed E-state index contributed by atoms with van der Waals surface area (Å²) in [7, 11) is 0. The molecule has 1 aromatic carbocycles. The first-order valence-corrected chi connectivity index (χ1v) is 7.40. The Balaban J connectivity index is 2.03. The second-order valence-electron chi connectivity index (χ2n) is 5.57. The fourth-order valence-corrected chi connectivity index (χ4v) is 2.57. The minimum Gasteiger partial charge on any atom is -0.399 e. The van der Waals surface area contributed by atoms with Crippen LogP contribution in [-0.4, -0.2) is 21.1 Å². The highest BCUT2D eigenvalue weighted by Gasteiger charge is 2.20. The van der Waals surface area contributed by atoms with E-state index in [2.05, 4.69) is 20.5 Å². The van der Waals surface area contributed by atoms with E-state index in [1.807, 2.05) is 26.0 Å². The van der Waals surface area contributed by atoms with Crippen LogP contribution in [0.5, 0.6) is 0 Å². The average molecular weight is 322 g/mol. The van der Waals surface area contributed by atoms with Crippen molar-refractivity contribution in [3.8, 4) is 11.3 Å². The van der Waals surface area contributed by atoms with Crippen LogP contribution in [0, 0.1) is 13.8 Å². The Bertz CT molecular complexity index is 878. The smallest absolute Gasteiger partial charge is 0.254 e. The van der Waals surface area contributed by atoms with Gasteiger partial charge >= 0.3 is 0 Å². The molecule has 0 aliphatic rings. The maximum atomic E-state index is 12.0. The number of primary amides is 1. The number of hydrogen-bond acceptors (Lipinski definition) is 5. The number of carbonyl (C=O) groups is 1. The van der Waals surface area contributed by atoms with Crippen molar-refractivity contribution in [2.45, 2.75) is 13.8 Å². The zero-order valence-corrected chi connectivity index (χ0v) is 13.4. The second kappa shape index (κ2) is 6.04. The van der Waals surface area contributed by atoms with Crippen LogP contribution in [0.15, 0.2) is 36.4 Å². The number of benzene rings is 1. The Hall–Kier alpha value is -3.35. The summed E-state index contributed by atoms with van der Waals surface area (Å²) in [6, 6.07) is 10.8. The van der Waals surface area contributed by atoms with Crippen molar-refractivity contribution in [3.63, 3.8) is 0 Å². The Morgan fingerprint density at radius 1 is 1.12 bits per heavy atom. The Morgan fingerprint density at radius 2 is 1.75 bits per heavy atom. The number of rotatable bonds is 4. The molecule has 1 amide bonds. The van der Waals surface area contributed by atoms with Gasteiger partial charge in [-0.15, -0.1) is 0 Å². The molecule has 24 heavy (non-hydrogen) atoms. The number of hydrogen-bond donors (Lipinski definition) is 4. The van der Waals surface area contributed by atoms with Crippen molar-refractivity contribution in [1.82, 2.24) is 15.2 Å². The summed E-state index contributed by atoms with van der Waals surface area (Å²) in [5.41, 5.74) is 16.0. The number of anilines is 3. The normalized spacial score (nSPS) is 10.6. The SMILES string of the molecule is Cc1cc(Nc2[nH]nc(-c3ccc(N)cc3)c2C(N)=O)cc(C)n1.